The number of aromatic nitrogens is 3. The Hall–Kier alpha value is -1.62. The van der Waals surface area contributed by atoms with Gasteiger partial charge in [-0.15, -0.1) is 10.2 Å². The van der Waals surface area contributed by atoms with E-state index in [-0.39, 0.29) is 0 Å². The van der Waals surface area contributed by atoms with E-state index in [2.05, 4.69) is 15.5 Å². The van der Waals surface area contributed by atoms with Gasteiger partial charge in [-0.1, -0.05) is 0 Å². The van der Waals surface area contributed by atoms with Gasteiger partial charge in [0.15, 0.2) is 0 Å². The van der Waals surface area contributed by atoms with Crippen LogP contribution in [-0.2, 0) is 20.0 Å². The first-order chi connectivity index (χ1) is 7.75. The highest BCUT2D eigenvalue weighted by Crippen LogP contribution is 2.05. The Labute approximate surface area is 94.5 Å². The maximum atomic E-state index is 5.45. The molecule has 5 heteroatoms. The van der Waals surface area contributed by atoms with E-state index in [1.807, 2.05) is 30.7 Å². The molecular weight excluding hydrogens is 204 g/mol. The molecule has 2 heterocycles. The van der Waals surface area contributed by atoms with Gasteiger partial charge in [-0.05, 0) is 19.1 Å². The molecule has 16 heavy (non-hydrogen) atoms. The largest absolute Gasteiger partial charge is 0.465 e. The molecule has 0 aromatic carbocycles. The van der Waals surface area contributed by atoms with Gasteiger partial charge >= 0.3 is 0 Å². The summed E-state index contributed by atoms with van der Waals surface area (Å²) in [5.41, 5.74) is 0. The van der Waals surface area contributed by atoms with Crippen molar-refractivity contribution < 1.29 is 4.42 Å². The number of furan rings is 1. The predicted octanol–water partition coefficient (Wildman–Crippen LogP) is 1.05. The molecule has 2 aromatic heterocycles. The zero-order valence-corrected chi connectivity index (χ0v) is 9.60. The van der Waals surface area contributed by atoms with Gasteiger partial charge < -0.3 is 14.3 Å². The Morgan fingerprint density at radius 1 is 1.44 bits per heavy atom. The molecular formula is C11H16N4O. The van der Waals surface area contributed by atoms with E-state index < -0.39 is 0 Å². The molecule has 0 aliphatic rings. The van der Waals surface area contributed by atoms with Gasteiger partial charge in [-0.25, -0.2) is 0 Å². The van der Waals surface area contributed by atoms with Crippen LogP contribution in [0.1, 0.15) is 17.3 Å². The third-order valence-electron chi connectivity index (χ3n) is 2.43. The predicted molar refractivity (Wildman–Crippen MR) is 59.9 cm³/mol. The summed E-state index contributed by atoms with van der Waals surface area (Å²) in [7, 11) is 1.95. The van der Waals surface area contributed by atoms with E-state index in [0.717, 1.165) is 36.9 Å². The van der Waals surface area contributed by atoms with Crippen molar-refractivity contribution in [1.82, 2.24) is 20.1 Å². The summed E-state index contributed by atoms with van der Waals surface area (Å²) < 4.78 is 7.38. The average molecular weight is 220 g/mol. The molecule has 0 radical (unpaired) electrons. The summed E-state index contributed by atoms with van der Waals surface area (Å²) in [6.07, 6.45) is 2.58. The Morgan fingerprint density at radius 2 is 2.31 bits per heavy atom. The van der Waals surface area contributed by atoms with Crippen LogP contribution >= 0.6 is 0 Å². The van der Waals surface area contributed by atoms with Crippen molar-refractivity contribution in [2.45, 2.75) is 19.9 Å². The van der Waals surface area contributed by atoms with Gasteiger partial charge in [0.1, 0.15) is 23.7 Å². The van der Waals surface area contributed by atoms with Crippen LogP contribution in [0, 0.1) is 6.92 Å². The third-order valence-corrected chi connectivity index (χ3v) is 2.43. The molecule has 0 aliphatic carbocycles. The van der Waals surface area contributed by atoms with Gasteiger partial charge in [0.2, 0.25) is 0 Å². The van der Waals surface area contributed by atoms with Crippen LogP contribution in [0.2, 0.25) is 0 Å². The molecule has 5 nitrogen and oxygen atoms in total. The van der Waals surface area contributed by atoms with Gasteiger partial charge in [0.05, 0.1) is 6.54 Å². The topological polar surface area (TPSA) is 55.9 Å². The van der Waals surface area contributed by atoms with Crippen LogP contribution in [0.15, 0.2) is 22.9 Å². The van der Waals surface area contributed by atoms with E-state index >= 15 is 0 Å². The number of nitrogens with one attached hydrogen (secondary N) is 1. The highest BCUT2D eigenvalue weighted by Gasteiger charge is 2.01. The van der Waals surface area contributed by atoms with Gasteiger partial charge in [-0.3, -0.25) is 0 Å². The van der Waals surface area contributed by atoms with E-state index in [4.69, 9.17) is 4.42 Å². The van der Waals surface area contributed by atoms with Crippen LogP contribution in [-0.4, -0.2) is 21.3 Å². The maximum absolute atomic E-state index is 5.45. The summed E-state index contributed by atoms with van der Waals surface area (Å²) in [5.74, 6) is 2.91. The van der Waals surface area contributed by atoms with Gasteiger partial charge in [0.25, 0.3) is 0 Å². The lowest BCUT2D eigenvalue weighted by atomic mass is 10.3. The van der Waals surface area contributed by atoms with E-state index in [1.54, 1.807) is 6.33 Å². The van der Waals surface area contributed by atoms with Crippen molar-refractivity contribution >= 4 is 0 Å². The normalized spacial score (nSPS) is 10.9. The SMILES string of the molecule is Cc1ccc(CNCCc2nncn2C)o1. The van der Waals surface area contributed by atoms with Gasteiger partial charge in [0, 0.05) is 20.0 Å². The fraction of sp³-hybridized carbons (Fsp3) is 0.455. The van der Waals surface area contributed by atoms with Crippen molar-refractivity contribution in [2.24, 2.45) is 7.05 Å². The first-order valence-electron chi connectivity index (χ1n) is 5.34. The van der Waals surface area contributed by atoms with Crippen molar-refractivity contribution in [2.75, 3.05) is 6.54 Å². The van der Waals surface area contributed by atoms with Crippen LogP contribution < -0.4 is 5.32 Å². The molecule has 0 atom stereocenters. The fourth-order valence-corrected chi connectivity index (χ4v) is 1.53. The number of hydrogen-bond acceptors (Lipinski definition) is 4. The average Bonchev–Trinajstić information content (AvgIpc) is 2.83. The molecule has 0 bridgehead atoms. The molecule has 0 saturated heterocycles. The number of nitrogens with zero attached hydrogens (tertiary/aromatic N) is 3. The minimum Gasteiger partial charge on any atom is -0.465 e. The molecule has 2 aromatic rings. The van der Waals surface area contributed by atoms with Crippen molar-refractivity contribution in [3.05, 3.63) is 35.8 Å². The summed E-state index contributed by atoms with van der Waals surface area (Å²) in [6, 6.07) is 3.96. The molecule has 0 amide bonds. The Kier molecular flexibility index (Phi) is 3.36. The molecule has 0 aliphatic heterocycles. The first kappa shape index (κ1) is 10.9. The van der Waals surface area contributed by atoms with Crippen LogP contribution in [0.5, 0.6) is 0 Å². The number of rotatable bonds is 5. The number of hydrogen-bond donors (Lipinski definition) is 1. The van der Waals surface area contributed by atoms with E-state index in [0.29, 0.717) is 0 Å². The summed E-state index contributed by atoms with van der Waals surface area (Å²) in [5, 5.41) is 11.1. The Morgan fingerprint density at radius 3 is 2.94 bits per heavy atom. The van der Waals surface area contributed by atoms with Crippen molar-refractivity contribution in [3.63, 3.8) is 0 Å². The summed E-state index contributed by atoms with van der Waals surface area (Å²) in [6.45, 7) is 3.57. The minimum absolute atomic E-state index is 0.756. The van der Waals surface area contributed by atoms with E-state index in [1.165, 1.54) is 0 Å². The third kappa shape index (κ3) is 2.70. The smallest absolute Gasteiger partial charge is 0.133 e. The summed E-state index contributed by atoms with van der Waals surface area (Å²) in [4.78, 5) is 0. The molecule has 2 rings (SSSR count). The quantitative estimate of drug-likeness (QED) is 0.765. The Bertz CT molecular complexity index is 446. The zero-order chi connectivity index (χ0) is 11.4. The molecule has 1 N–H and O–H groups in total. The van der Waals surface area contributed by atoms with Crippen LogP contribution in [0.3, 0.4) is 0 Å². The van der Waals surface area contributed by atoms with Crippen LogP contribution in [0.4, 0.5) is 0 Å². The highest BCUT2D eigenvalue weighted by atomic mass is 16.3. The monoisotopic (exact) mass is 220 g/mol. The highest BCUT2D eigenvalue weighted by molar-refractivity contribution is 5.05. The molecule has 0 unspecified atom stereocenters. The lowest BCUT2D eigenvalue weighted by Crippen LogP contribution is -2.17. The molecule has 0 fully saturated rings. The lowest BCUT2D eigenvalue weighted by Gasteiger charge is -2.02. The van der Waals surface area contributed by atoms with E-state index in [9.17, 15) is 0 Å². The molecule has 0 spiro atoms. The van der Waals surface area contributed by atoms with Crippen molar-refractivity contribution in [1.29, 1.82) is 0 Å². The second-order valence-corrected chi connectivity index (χ2v) is 3.80. The second-order valence-electron chi connectivity index (χ2n) is 3.80. The molecule has 86 valence electrons. The second kappa shape index (κ2) is 4.94. The van der Waals surface area contributed by atoms with Crippen molar-refractivity contribution in [3.8, 4) is 0 Å². The van der Waals surface area contributed by atoms with Gasteiger partial charge in [-0.2, -0.15) is 0 Å². The summed E-state index contributed by atoms with van der Waals surface area (Å²) >= 11 is 0. The zero-order valence-electron chi connectivity index (χ0n) is 9.60. The first-order valence-corrected chi connectivity index (χ1v) is 5.34. The standard InChI is InChI=1S/C11H16N4O/c1-9-3-4-10(16-9)7-12-6-5-11-14-13-8-15(11)2/h3-4,8,12H,5-7H2,1-2H3. The number of aryl methyl sites for hydroxylation is 2. The maximum Gasteiger partial charge on any atom is 0.133 e. The Balaban J connectivity index is 1.71. The fourth-order valence-electron chi connectivity index (χ4n) is 1.53. The lowest BCUT2D eigenvalue weighted by molar-refractivity contribution is 0.461. The molecule has 0 saturated carbocycles. The minimum atomic E-state index is 0.756. The van der Waals surface area contributed by atoms with Crippen LogP contribution in [0.25, 0.3) is 0 Å².